The molecule has 3 heterocycles. The van der Waals surface area contributed by atoms with Crippen LogP contribution in [0.1, 0.15) is 37.2 Å². The third-order valence-electron chi connectivity index (χ3n) is 5.13. The molecule has 1 aliphatic heterocycles. The van der Waals surface area contributed by atoms with E-state index in [1.165, 1.54) is 13.0 Å². The van der Waals surface area contributed by atoms with Crippen LogP contribution < -0.4 is 5.43 Å². The van der Waals surface area contributed by atoms with E-state index in [-0.39, 0.29) is 22.8 Å². The molecule has 0 fully saturated rings. The highest BCUT2D eigenvalue weighted by atomic mass is 35.5. The van der Waals surface area contributed by atoms with Gasteiger partial charge < -0.3 is 4.57 Å². The summed E-state index contributed by atoms with van der Waals surface area (Å²) >= 11 is 6.72. The van der Waals surface area contributed by atoms with Crippen molar-refractivity contribution in [1.82, 2.24) is 14.3 Å². The van der Waals surface area contributed by atoms with Crippen LogP contribution in [0.15, 0.2) is 47.4 Å². The minimum Gasteiger partial charge on any atom is -0.340 e. The fraction of sp³-hybridized carbons (Fsp3) is 0.286. The number of carbonyl (C=O) groups is 1. The van der Waals surface area contributed by atoms with Crippen molar-refractivity contribution < 1.29 is 4.79 Å². The van der Waals surface area contributed by atoms with Gasteiger partial charge in [0, 0.05) is 17.8 Å². The summed E-state index contributed by atoms with van der Waals surface area (Å²) in [5.74, 6) is 0.0651. The van der Waals surface area contributed by atoms with Gasteiger partial charge >= 0.3 is 0 Å². The van der Waals surface area contributed by atoms with Crippen LogP contribution in [0.3, 0.4) is 0 Å². The van der Waals surface area contributed by atoms with E-state index in [0.717, 1.165) is 11.3 Å². The first-order valence-corrected chi connectivity index (χ1v) is 9.35. The summed E-state index contributed by atoms with van der Waals surface area (Å²) in [6.45, 7) is 6.29. The largest absolute Gasteiger partial charge is 0.340 e. The summed E-state index contributed by atoms with van der Waals surface area (Å²) in [6, 6.07) is 11.3. The third-order valence-corrected chi connectivity index (χ3v) is 5.49. The number of fused-ring (bicyclic) bond motifs is 3. The second-order valence-electron chi connectivity index (χ2n) is 7.27. The molecule has 1 aliphatic rings. The van der Waals surface area contributed by atoms with Gasteiger partial charge in [0.05, 0.1) is 28.9 Å². The summed E-state index contributed by atoms with van der Waals surface area (Å²) < 4.78 is 3.90. The zero-order chi connectivity index (χ0) is 19.3. The van der Waals surface area contributed by atoms with Gasteiger partial charge in [-0.1, -0.05) is 55.8 Å². The number of pyridine rings is 1. The fourth-order valence-electron chi connectivity index (χ4n) is 3.67. The molecule has 0 spiro atoms. The third kappa shape index (κ3) is 2.82. The van der Waals surface area contributed by atoms with Gasteiger partial charge in [0.2, 0.25) is 0 Å². The van der Waals surface area contributed by atoms with Crippen molar-refractivity contribution >= 4 is 17.4 Å². The van der Waals surface area contributed by atoms with E-state index < -0.39 is 0 Å². The molecule has 0 amide bonds. The lowest BCUT2D eigenvalue weighted by molar-refractivity contribution is 0.101. The molecular weight excluding hydrogens is 362 g/mol. The first-order valence-electron chi connectivity index (χ1n) is 8.97. The Kier molecular flexibility index (Phi) is 4.27. The molecule has 5 nitrogen and oxygen atoms in total. The van der Waals surface area contributed by atoms with Gasteiger partial charge in [0.1, 0.15) is 11.4 Å². The topological polar surface area (TPSA) is 56.9 Å². The van der Waals surface area contributed by atoms with E-state index in [1.807, 2.05) is 39.6 Å². The van der Waals surface area contributed by atoms with Gasteiger partial charge in [-0.2, -0.15) is 5.10 Å². The molecule has 0 unspecified atom stereocenters. The number of benzene rings is 1. The Bertz CT molecular complexity index is 1100. The number of halogens is 1. The minimum atomic E-state index is -0.289. The maximum atomic E-state index is 12.5. The highest BCUT2D eigenvalue weighted by Crippen LogP contribution is 2.41. The van der Waals surface area contributed by atoms with E-state index >= 15 is 0 Å². The van der Waals surface area contributed by atoms with Crippen molar-refractivity contribution in [2.45, 2.75) is 33.4 Å². The molecule has 0 bridgehead atoms. The second-order valence-corrected chi connectivity index (χ2v) is 7.65. The van der Waals surface area contributed by atoms with Crippen LogP contribution in [-0.4, -0.2) is 20.1 Å². The normalized spacial score (nSPS) is 15.5. The van der Waals surface area contributed by atoms with Gasteiger partial charge in [-0.05, 0) is 12.8 Å². The van der Waals surface area contributed by atoms with Gasteiger partial charge in [-0.25, -0.2) is 0 Å². The zero-order valence-electron chi connectivity index (χ0n) is 15.4. The van der Waals surface area contributed by atoms with E-state index in [9.17, 15) is 9.59 Å². The molecule has 3 aromatic rings. The van der Waals surface area contributed by atoms with Crippen LogP contribution in [0.2, 0.25) is 5.02 Å². The fourth-order valence-corrected chi connectivity index (χ4v) is 4.01. The van der Waals surface area contributed by atoms with E-state index in [4.69, 9.17) is 16.7 Å². The lowest BCUT2D eigenvalue weighted by atomic mass is 9.99. The lowest BCUT2D eigenvalue weighted by Crippen LogP contribution is -2.30. The summed E-state index contributed by atoms with van der Waals surface area (Å²) in [5.41, 5.74) is 2.97. The predicted octanol–water partition coefficient (Wildman–Crippen LogP) is 4.45. The smallest absolute Gasteiger partial charge is 0.193 e. The molecule has 1 atom stereocenters. The van der Waals surface area contributed by atoms with E-state index in [2.05, 4.69) is 13.8 Å². The van der Waals surface area contributed by atoms with Crippen molar-refractivity contribution in [2.24, 2.45) is 5.92 Å². The Morgan fingerprint density at radius 3 is 2.59 bits per heavy atom. The maximum Gasteiger partial charge on any atom is 0.193 e. The van der Waals surface area contributed by atoms with E-state index in [0.29, 0.717) is 28.9 Å². The van der Waals surface area contributed by atoms with Crippen LogP contribution in [0.4, 0.5) is 0 Å². The molecule has 4 rings (SSSR count). The van der Waals surface area contributed by atoms with Gasteiger partial charge in [0.25, 0.3) is 0 Å². The molecule has 138 valence electrons. The van der Waals surface area contributed by atoms with Crippen LogP contribution in [0.5, 0.6) is 0 Å². The molecule has 0 saturated heterocycles. The van der Waals surface area contributed by atoms with E-state index in [1.54, 1.807) is 6.20 Å². The number of hydrogen-bond acceptors (Lipinski definition) is 3. The first kappa shape index (κ1) is 17.7. The molecule has 1 aromatic carbocycles. The minimum absolute atomic E-state index is 0.0748. The average molecular weight is 382 g/mol. The molecule has 2 aromatic heterocycles. The zero-order valence-corrected chi connectivity index (χ0v) is 16.2. The molecular formula is C21H20ClN3O2. The SMILES string of the molecule is CC(=O)c1cn2c(cc1=O)-c1c(Cl)c(-c3ccccc3)nn1C[C@H]2C(C)C. The van der Waals surface area contributed by atoms with Crippen molar-refractivity contribution in [3.05, 3.63) is 63.4 Å². The summed E-state index contributed by atoms with van der Waals surface area (Å²) in [6.07, 6.45) is 1.68. The first-order chi connectivity index (χ1) is 12.9. The number of ketones is 1. The summed E-state index contributed by atoms with van der Waals surface area (Å²) in [4.78, 5) is 24.4. The quantitative estimate of drug-likeness (QED) is 0.630. The number of hydrogen-bond donors (Lipinski definition) is 0. The Morgan fingerprint density at radius 2 is 1.96 bits per heavy atom. The highest BCUT2D eigenvalue weighted by Gasteiger charge is 2.31. The second kappa shape index (κ2) is 6.50. The summed E-state index contributed by atoms with van der Waals surface area (Å²) in [5, 5.41) is 5.26. The Balaban J connectivity index is 1.99. The molecule has 27 heavy (non-hydrogen) atoms. The van der Waals surface area contributed by atoms with Gasteiger partial charge in [-0.15, -0.1) is 0 Å². The standard InChI is InChI=1S/C21H20ClN3O2/c1-12(2)17-11-25-21(16-9-18(27)15(13(3)26)10-24(16)17)19(22)20(23-25)14-7-5-4-6-8-14/h4-10,12,17H,11H2,1-3H3/t17-/m0/s1. The van der Waals surface area contributed by atoms with Crippen LogP contribution in [-0.2, 0) is 6.54 Å². The van der Waals surface area contributed by atoms with Gasteiger partial charge in [0.15, 0.2) is 11.2 Å². The van der Waals surface area contributed by atoms with Crippen LogP contribution in [0, 0.1) is 5.92 Å². The number of aromatic nitrogens is 3. The van der Waals surface area contributed by atoms with Crippen molar-refractivity contribution in [3.8, 4) is 22.6 Å². The number of Topliss-reactive ketones (excluding diaryl/α,β-unsaturated/α-hetero) is 1. The maximum absolute atomic E-state index is 12.5. The monoisotopic (exact) mass is 381 g/mol. The van der Waals surface area contributed by atoms with Crippen molar-refractivity contribution in [1.29, 1.82) is 0 Å². The predicted molar refractivity (Wildman–Crippen MR) is 106 cm³/mol. The molecule has 0 saturated carbocycles. The lowest BCUT2D eigenvalue weighted by Gasteiger charge is -2.32. The van der Waals surface area contributed by atoms with Crippen LogP contribution >= 0.6 is 11.6 Å². The van der Waals surface area contributed by atoms with Crippen LogP contribution in [0.25, 0.3) is 22.6 Å². The molecule has 0 radical (unpaired) electrons. The summed E-state index contributed by atoms with van der Waals surface area (Å²) in [7, 11) is 0. The molecule has 6 heteroatoms. The van der Waals surface area contributed by atoms with Crippen molar-refractivity contribution in [2.75, 3.05) is 0 Å². The molecule has 0 aliphatic carbocycles. The Labute approximate surface area is 162 Å². The number of carbonyl (C=O) groups excluding carboxylic acids is 1. The number of rotatable bonds is 3. The highest BCUT2D eigenvalue weighted by molar-refractivity contribution is 6.35. The Morgan fingerprint density at radius 1 is 1.26 bits per heavy atom. The Hall–Kier alpha value is -2.66. The molecule has 0 N–H and O–H groups in total. The van der Waals surface area contributed by atoms with Gasteiger partial charge in [-0.3, -0.25) is 14.3 Å². The average Bonchev–Trinajstić information content (AvgIpc) is 2.97. The van der Waals surface area contributed by atoms with Crippen molar-refractivity contribution in [3.63, 3.8) is 0 Å². The number of nitrogens with zero attached hydrogens (tertiary/aromatic N) is 3.